The number of nitrogens with zero attached hydrogens (tertiary/aromatic N) is 2. The molecule has 0 N–H and O–H groups in total. The third-order valence-corrected chi connectivity index (χ3v) is 11.3. The summed E-state index contributed by atoms with van der Waals surface area (Å²) in [5, 5.41) is 9.86. The summed E-state index contributed by atoms with van der Waals surface area (Å²) in [4.78, 5) is 2.42. The Morgan fingerprint density at radius 3 is 1.98 bits per heavy atom. The molecule has 2 heterocycles. The molecule has 0 fully saturated rings. The van der Waals surface area contributed by atoms with E-state index in [1.807, 2.05) is 12.1 Å². The lowest BCUT2D eigenvalue weighted by Gasteiger charge is -2.27. The fourth-order valence-corrected chi connectivity index (χ4v) is 8.99. The van der Waals surface area contributed by atoms with Gasteiger partial charge < -0.3 is 13.9 Å². The normalized spacial score (nSPS) is 12.2. The molecule has 0 bridgehead atoms. The fraction of sp³-hybridized carbons (Fsp3) is 0. The molecule has 0 atom stereocenters. The number of furan rings is 1. The van der Waals surface area contributed by atoms with Crippen LogP contribution >= 0.6 is 0 Å². The minimum atomic E-state index is 0.886. The second kappa shape index (κ2) is 10.7. The fourth-order valence-electron chi connectivity index (χ4n) is 8.99. The van der Waals surface area contributed by atoms with Gasteiger partial charge in [-0.15, -0.1) is 0 Å². The second-order valence-corrected chi connectivity index (χ2v) is 14.1. The van der Waals surface area contributed by atoms with Crippen molar-refractivity contribution < 1.29 is 4.42 Å². The lowest BCUT2D eigenvalue weighted by molar-refractivity contribution is 0.669. The molecule has 0 radical (unpaired) electrons. The predicted octanol–water partition coefficient (Wildman–Crippen LogP) is 14.1. The quantitative estimate of drug-likeness (QED) is 0.173. The van der Waals surface area contributed by atoms with Crippen molar-refractivity contribution in [2.45, 2.75) is 0 Å². The lowest BCUT2D eigenvalue weighted by atomic mass is 9.95. The molecule has 1 aliphatic carbocycles. The average molecular weight is 675 g/mol. The highest BCUT2D eigenvalue weighted by atomic mass is 16.3. The molecule has 0 aliphatic heterocycles. The molecule has 0 amide bonds. The minimum Gasteiger partial charge on any atom is -0.456 e. The van der Waals surface area contributed by atoms with Crippen LogP contribution in [0.2, 0.25) is 0 Å². The Balaban J connectivity index is 1.14. The summed E-state index contributed by atoms with van der Waals surface area (Å²) >= 11 is 0. The predicted molar refractivity (Wildman–Crippen MR) is 222 cm³/mol. The molecule has 0 spiro atoms. The summed E-state index contributed by atoms with van der Waals surface area (Å²) < 4.78 is 8.70. The van der Waals surface area contributed by atoms with Gasteiger partial charge >= 0.3 is 0 Å². The van der Waals surface area contributed by atoms with Gasteiger partial charge in [0.1, 0.15) is 11.2 Å². The SMILES string of the molecule is c1ccc(-n2c3ccccc3c3ccc(N(c4ccc5c(c4)-c4c6ccccc6cc6cccc-5c46)c4ccc5oc6ccccc6c5c4)cc32)cc1. The van der Waals surface area contributed by atoms with E-state index in [9.17, 15) is 0 Å². The van der Waals surface area contributed by atoms with Crippen molar-refractivity contribution in [3.8, 4) is 27.9 Å². The van der Waals surface area contributed by atoms with Crippen LogP contribution in [0.25, 0.3) is 93.2 Å². The summed E-state index contributed by atoms with van der Waals surface area (Å²) in [7, 11) is 0. The van der Waals surface area contributed by atoms with E-state index in [4.69, 9.17) is 4.42 Å². The number of hydrogen-bond donors (Lipinski definition) is 0. The first-order chi connectivity index (χ1) is 26.3. The number of anilines is 3. The lowest BCUT2D eigenvalue weighted by Crippen LogP contribution is -2.10. The van der Waals surface area contributed by atoms with Crippen LogP contribution in [0, 0.1) is 0 Å². The van der Waals surface area contributed by atoms with Crippen molar-refractivity contribution in [3.05, 3.63) is 182 Å². The van der Waals surface area contributed by atoms with Crippen LogP contribution in [0.15, 0.2) is 186 Å². The van der Waals surface area contributed by atoms with Gasteiger partial charge in [-0.2, -0.15) is 0 Å². The summed E-state index contributed by atoms with van der Waals surface area (Å²) in [6.45, 7) is 0. The Bertz CT molecular complexity index is 3290. The Labute approximate surface area is 305 Å². The number of para-hydroxylation sites is 3. The monoisotopic (exact) mass is 674 g/mol. The van der Waals surface area contributed by atoms with Gasteiger partial charge in [0.2, 0.25) is 0 Å². The maximum absolute atomic E-state index is 6.30. The van der Waals surface area contributed by atoms with Crippen molar-refractivity contribution in [2.24, 2.45) is 0 Å². The van der Waals surface area contributed by atoms with E-state index in [0.717, 1.165) is 44.7 Å². The van der Waals surface area contributed by atoms with Crippen LogP contribution in [0.5, 0.6) is 0 Å². The van der Waals surface area contributed by atoms with Crippen LogP contribution in [0.3, 0.4) is 0 Å². The molecule has 2 aromatic heterocycles. The summed E-state index contributed by atoms with van der Waals surface area (Å²) in [6, 6.07) is 66.1. The molecule has 12 rings (SSSR count). The highest BCUT2D eigenvalue weighted by Crippen LogP contribution is 2.52. The minimum absolute atomic E-state index is 0.886. The summed E-state index contributed by atoms with van der Waals surface area (Å²) in [5.74, 6) is 0. The van der Waals surface area contributed by atoms with Gasteiger partial charge in [-0.25, -0.2) is 0 Å². The first-order valence-corrected chi connectivity index (χ1v) is 18.2. The Morgan fingerprint density at radius 2 is 1.06 bits per heavy atom. The van der Waals surface area contributed by atoms with Gasteiger partial charge in [0.05, 0.1) is 11.0 Å². The zero-order valence-corrected chi connectivity index (χ0v) is 28.6. The van der Waals surface area contributed by atoms with Crippen molar-refractivity contribution >= 4 is 82.4 Å². The number of rotatable bonds is 4. The second-order valence-electron chi connectivity index (χ2n) is 14.1. The topological polar surface area (TPSA) is 21.3 Å². The van der Waals surface area contributed by atoms with Crippen molar-refractivity contribution in [3.63, 3.8) is 0 Å². The van der Waals surface area contributed by atoms with Crippen molar-refractivity contribution in [2.75, 3.05) is 4.90 Å². The van der Waals surface area contributed by atoms with Crippen molar-refractivity contribution in [1.29, 1.82) is 0 Å². The molecule has 1 aliphatic rings. The largest absolute Gasteiger partial charge is 0.456 e. The van der Waals surface area contributed by atoms with Gasteiger partial charge in [0.15, 0.2) is 0 Å². The molecule has 0 saturated carbocycles. The van der Waals surface area contributed by atoms with Gasteiger partial charge in [-0.1, -0.05) is 109 Å². The van der Waals surface area contributed by atoms with Gasteiger partial charge in [0.25, 0.3) is 0 Å². The van der Waals surface area contributed by atoms with Crippen LogP contribution in [0.4, 0.5) is 17.1 Å². The first kappa shape index (κ1) is 28.6. The number of fused-ring (bicyclic) bond motifs is 11. The Morgan fingerprint density at radius 1 is 0.377 bits per heavy atom. The van der Waals surface area contributed by atoms with Crippen LogP contribution in [-0.2, 0) is 0 Å². The van der Waals surface area contributed by atoms with Gasteiger partial charge in [-0.05, 0) is 117 Å². The number of aromatic nitrogens is 1. The number of hydrogen-bond acceptors (Lipinski definition) is 2. The van der Waals surface area contributed by atoms with E-state index >= 15 is 0 Å². The highest BCUT2D eigenvalue weighted by molar-refractivity contribution is 6.24. The van der Waals surface area contributed by atoms with E-state index in [-0.39, 0.29) is 0 Å². The number of benzene rings is 9. The Hall–Kier alpha value is -7.10. The smallest absolute Gasteiger partial charge is 0.135 e. The molecule has 3 nitrogen and oxygen atoms in total. The first-order valence-electron chi connectivity index (χ1n) is 18.2. The molecule has 9 aromatic carbocycles. The van der Waals surface area contributed by atoms with E-state index < -0.39 is 0 Å². The molecular formula is C50H30N2O. The molecule has 11 aromatic rings. The average Bonchev–Trinajstić information content (AvgIpc) is 3.87. The molecule has 0 unspecified atom stereocenters. The van der Waals surface area contributed by atoms with E-state index in [2.05, 4.69) is 179 Å². The van der Waals surface area contributed by atoms with Crippen LogP contribution in [-0.4, -0.2) is 4.57 Å². The third kappa shape index (κ3) is 4.05. The highest BCUT2D eigenvalue weighted by Gasteiger charge is 2.26. The molecular weight excluding hydrogens is 645 g/mol. The molecule has 53 heavy (non-hydrogen) atoms. The standard InChI is InChI=1S/C50H30N2O/c1-2-13-33(14-3-1)52-45-19-8-6-16-39(45)40-25-22-36(30-46(40)52)51(35-23-26-48-43(28-35)41-17-7-9-20-47(41)53-48)34-21-24-38-42-18-10-12-32-27-31-11-4-5-15-37(31)50(49(32)42)44(38)29-34/h1-30H. The van der Waals surface area contributed by atoms with Gasteiger partial charge in [0, 0.05) is 44.3 Å². The van der Waals surface area contributed by atoms with Crippen LogP contribution in [0.1, 0.15) is 0 Å². The van der Waals surface area contributed by atoms with E-state index in [1.165, 1.54) is 65.6 Å². The summed E-state index contributed by atoms with van der Waals surface area (Å²) in [6.07, 6.45) is 0. The van der Waals surface area contributed by atoms with E-state index in [0.29, 0.717) is 0 Å². The molecule has 246 valence electrons. The van der Waals surface area contributed by atoms with Gasteiger partial charge in [-0.3, -0.25) is 0 Å². The van der Waals surface area contributed by atoms with E-state index in [1.54, 1.807) is 0 Å². The zero-order chi connectivity index (χ0) is 34.6. The maximum atomic E-state index is 6.30. The third-order valence-electron chi connectivity index (χ3n) is 11.3. The Kier molecular flexibility index (Phi) is 5.77. The molecule has 3 heteroatoms. The summed E-state index contributed by atoms with van der Waals surface area (Å²) in [5.41, 5.74) is 13.7. The van der Waals surface area contributed by atoms with Crippen molar-refractivity contribution in [1.82, 2.24) is 4.57 Å². The maximum Gasteiger partial charge on any atom is 0.135 e. The van der Waals surface area contributed by atoms with Crippen LogP contribution < -0.4 is 4.90 Å². The molecule has 0 saturated heterocycles. The zero-order valence-electron chi connectivity index (χ0n) is 28.6.